The third kappa shape index (κ3) is 3.45. The molecular weight excluding hydrogens is 340 g/mol. The standard InChI is InChI=1S/C18H17BrN2O/c19-15-11-9-14(10-12-15)18(22)21-20-17-8-4-2-6-13-5-1-3-7-16(13)17/h1,3,5,7,9-12H,2,4,6,8H2,(H,21,22)/b20-17-. The number of benzene rings is 2. The van der Waals surface area contributed by atoms with E-state index >= 15 is 0 Å². The molecule has 0 saturated heterocycles. The molecule has 3 nitrogen and oxygen atoms in total. The number of carbonyl (C=O) groups is 1. The molecule has 1 aliphatic carbocycles. The minimum Gasteiger partial charge on any atom is -0.267 e. The minimum absolute atomic E-state index is 0.179. The smallest absolute Gasteiger partial charge is 0.267 e. The summed E-state index contributed by atoms with van der Waals surface area (Å²) in [5.41, 5.74) is 6.75. The number of hydrogen-bond acceptors (Lipinski definition) is 2. The van der Waals surface area contributed by atoms with Gasteiger partial charge in [-0.2, -0.15) is 5.10 Å². The van der Waals surface area contributed by atoms with Gasteiger partial charge in [-0.05, 0) is 55.5 Å². The third-order valence-corrected chi connectivity index (χ3v) is 4.37. The van der Waals surface area contributed by atoms with Gasteiger partial charge in [0.1, 0.15) is 0 Å². The zero-order valence-electron chi connectivity index (χ0n) is 12.2. The van der Waals surface area contributed by atoms with Crippen LogP contribution in [-0.2, 0) is 6.42 Å². The van der Waals surface area contributed by atoms with Gasteiger partial charge in [-0.25, -0.2) is 5.43 Å². The van der Waals surface area contributed by atoms with Crippen LogP contribution in [0.15, 0.2) is 58.1 Å². The van der Waals surface area contributed by atoms with Crippen LogP contribution in [0.25, 0.3) is 0 Å². The highest BCUT2D eigenvalue weighted by molar-refractivity contribution is 9.10. The Morgan fingerprint density at radius 1 is 1.00 bits per heavy atom. The van der Waals surface area contributed by atoms with Gasteiger partial charge in [0.05, 0.1) is 5.71 Å². The van der Waals surface area contributed by atoms with Crippen LogP contribution in [0.5, 0.6) is 0 Å². The Hall–Kier alpha value is -1.94. The molecule has 0 heterocycles. The Labute approximate surface area is 138 Å². The average Bonchev–Trinajstić information content (AvgIpc) is 2.75. The second-order valence-corrected chi connectivity index (χ2v) is 6.29. The number of hydrazone groups is 1. The first kappa shape index (κ1) is 15.0. The van der Waals surface area contributed by atoms with E-state index in [0.29, 0.717) is 5.56 Å². The van der Waals surface area contributed by atoms with Crippen molar-refractivity contribution >= 4 is 27.5 Å². The Balaban J connectivity index is 1.80. The highest BCUT2D eigenvalue weighted by atomic mass is 79.9. The molecule has 2 aromatic carbocycles. The van der Waals surface area contributed by atoms with Crippen LogP contribution >= 0.6 is 15.9 Å². The van der Waals surface area contributed by atoms with Gasteiger partial charge in [-0.3, -0.25) is 4.79 Å². The molecule has 0 bridgehead atoms. The van der Waals surface area contributed by atoms with E-state index in [9.17, 15) is 4.79 Å². The van der Waals surface area contributed by atoms with Crippen LogP contribution < -0.4 is 5.43 Å². The van der Waals surface area contributed by atoms with Crippen LogP contribution in [0.2, 0.25) is 0 Å². The highest BCUT2D eigenvalue weighted by Crippen LogP contribution is 2.20. The van der Waals surface area contributed by atoms with E-state index < -0.39 is 0 Å². The number of hydrogen-bond donors (Lipinski definition) is 1. The lowest BCUT2D eigenvalue weighted by Crippen LogP contribution is -2.20. The van der Waals surface area contributed by atoms with Gasteiger partial charge in [0, 0.05) is 15.6 Å². The normalized spacial score (nSPS) is 16.0. The Bertz CT molecular complexity index is 707. The van der Waals surface area contributed by atoms with Crippen molar-refractivity contribution < 1.29 is 4.79 Å². The van der Waals surface area contributed by atoms with Crippen molar-refractivity contribution in [3.05, 3.63) is 69.7 Å². The monoisotopic (exact) mass is 356 g/mol. The maximum atomic E-state index is 12.2. The van der Waals surface area contributed by atoms with Crippen molar-refractivity contribution in [3.63, 3.8) is 0 Å². The lowest BCUT2D eigenvalue weighted by molar-refractivity contribution is 0.0955. The highest BCUT2D eigenvalue weighted by Gasteiger charge is 2.14. The number of aryl methyl sites for hydroxylation is 1. The summed E-state index contributed by atoms with van der Waals surface area (Å²) in [6, 6.07) is 15.6. The van der Waals surface area contributed by atoms with E-state index in [1.807, 2.05) is 18.2 Å². The van der Waals surface area contributed by atoms with E-state index in [0.717, 1.165) is 41.4 Å². The largest absolute Gasteiger partial charge is 0.271 e. The molecule has 0 radical (unpaired) electrons. The summed E-state index contributed by atoms with van der Waals surface area (Å²) in [6.07, 6.45) is 4.24. The fourth-order valence-electron chi connectivity index (χ4n) is 2.66. The summed E-state index contributed by atoms with van der Waals surface area (Å²) < 4.78 is 0.952. The molecule has 1 N–H and O–H groups in total. The van der Waals surface area contributed by atoms with Crippen molar-refractivity contribution in [2.24, 2.45) is 5.10 Å². The van der Waals surface area contributed by atoms with Gasteiger partial charge in [0.15, 0.2) is 0 Å². The van der Waals surface area contributed by atoms with Gasteiger partial charge in [-0.15, -0.1) is 0 Å². The number of nitrogens with one attached hydrogen (secondary N) is 1. The predicted octanol–water partition coefficient (Wildman–Crippen LogP) is 4.31. The number of amides is 1. The topological polar surface area (TPSA) is 41.5 Å². The zero-order chi connectivity index (χ0) is 15.4. The van der Waals surface area contributed by atoms with Crippen LogP contribution in [0.3, 0.4) is 0 Å². The first-order valence-corrected chi connectivity index (χ1v) is 8.24. The van der Waals surface area contributed by atoms with Crippen molar-refractivity contribution in [1.29, 1.82) is 0 Å². The van der Waals surface area contributed by atoms with E-state index in [4.69, 9.17) is 0 Å². The molecule has 0 aliphatic heterocycles. The maximum Gasteiger partial charge on any atom is 0.271 e. The molecule has 0 spiro atoms. The molecule has 0 unspecified atom stereocenters. The second-order valence-electron chi connectivity index (χ2n) is 5.37. The van der Waals surface area contributed by atoms with Crippen molar-refractivity contribution in [2.75, 3.05) is 0 Å². The summed E-state index contributed by atoms with van der Waals surface area (Å²) in [5.74, 6) is -0.179. The quantitative estimate of drug-likeness (QED) is 0.632. The van der Waals surface area contributed by atoms with Crippen LogP contribution in [0.4, 0.5) is 0 Å². The Morgan fingerprint density at radius 3 is 2.55 bits per heavy atom. The number of nitrogens with zero attached hydrogens (tertiary/aromatic N) is 1. The van der Waals surface area contributed by atoms with Gasteiger partial charge in [0.2, 0.25) is 0 Å². The Morgan fingerprint density at radius 2 is 1.73 bits per heavy atom. The molecule has 0 atom stereocenters. The van der Waals surface area contributed by atoms with E-state index in [1.54, 1.807) is 12.1 Å². The molecule has 0 aromatic heterocycles. The van der Waals surface area contributed by atoms with Crippen molar-refractivity contribution in [3.8, 4) is 0 Å². The lowest BCUT2D eigenvalue weighted by Gasteiger charge is -2.08. The maximum absolute atomic E-state index is 12.2. The SMILES string of the molecule is O=C(N/N=C1/CCCCc2ccccc21)c1ccc(Br)cc1. The third-order valence-electron chi connectivity index (χ3n) is 3.84. The number of carbonyl (C=O) groups excluding carboxylic acids is 1. The zero-order valence-corrected chi connectivity index (χ0v) is 13.8. The number of rotatable bonds is 2. The molecule has 0 fully saturated rings. The van der Waals surface area contributed by atoms with Gasteiger partial charge in [0.25, 0.3) is 5.91 Å². The van der Waals surface area contributed by atoms with Crippen LogP contribution in [0, 0.1) is 0 Å². The molecule has 22 heavy (non-hydrogen) atoms. The van der Waals surface area contributed by atoms with Gasteiger partial charge < -0.3 is 0 Å². The first-order chi connectivity index (χ1) is 10.7. The molecule has 3 rings (SSSR count). The van der Waals surface area contributed by atoms with Gasteiger partial charge in [-0.1, -0.05) is 40.2 Å². The summed E-state index contributed by atoms with van der Waals surface area (Å²) >= 11 is 3.36. The van der Waals surface area contributed by atoms with Crippen LogP contribution in [0.1, 0.15) is 40.7 Å². The minimum atomic E-state index is -0.179. The molecule has 2 aromatic rings. The van der Waals surface area contributed by atoms with Crippen molar-refractivity contribution in [1.82, 2.24) is 5.43 Å². The Kier molecular flexibility index (Phi) is 4.68. The number of fused-ring (bicyclic) bond motifs is 1. The molecule has 1 amide bonds. The molecule has 4 heteroatoms. The average molecular weight is 357 g/mol. The number of halogens is 1. The van der Waals surface area contributed by atoms with E-state index in [1.165, 1.54) is 5.56 Å². The first-order valence-electron chi connectivity index (χ1n) is 7.45. The summed E-state index contributed by atoms with van der Waals surface area (Å²) in [4.78, 5) is 12.2. The molecular formula is C18H17BrN2O. The lowest BCUT2D eigenvalue weighted by atomic mass is 10.0. The fraction of sp³-hybridized carbons (Fsp3) is 0.222. The molecule has 0 saturated carbocycles. The molecule has 112 valence electrons. The van der Waals surface area contributed by atoms with Crippen LogP contribution in [-0.4, -0.2) is 11.6 Å². The van der Waals surface area contributed by atoms with E-state index in [2.05, 4.69) is 44.7 Å². The molecule has 1 aliphatic rings. The predicted molar refractivity (Wildman–Crippen MR) is 92.1 cm³/mol. The second kappa shape index (κ2) is 6.88. The fourth-order valence-corrected chi connectivity index (χ4v) is 2.93. The van der Waals surface area contributed by atoms with Crippen molar-refractivity contribution in [2.45, 2.75) is 25.7 Å². The summed E-state index contributed by atoms with van der Waals surface area (Å²) in [7, 11) is 0. The van der Waals surface area contributed by atoms with Gasteiger partial charge >= 0.3 is 0 Å². The summed E-state index contributed by atoms with van der Waals surface area (Å²) in [5, 5.41) is 4.39. The van der Waals surface area contributed by atoms with E-state index in [-0.39, 0.29) is 5.91 Å². The summed E-state index contributed by atoms with van der Waals surface area (Å²) in [6.45, 7) is 0.